The van der Waals surface area contributed by atoms with Crippen molar-refractivity contribution in [3.8, 4) is 6.07 Å². The average Bonchev–Trinajstić information content (AvgIpc) is 3.44. The minimum absolute atomic E-state index is 0.0478. The van der Waals surface area contributed by atoms with Crippen molar-refractivity contribution in [2.75, 3.05) is 25.0 Å². The normalized spacial score (nSPS) is 19.8. The van der Waals surface area contributed by atoms with Gasteiger partial charge in [0.1, 0.15) is 11.4 Å². The van der Waals surface area contributed by atoms with Crippen molar-refractivity contribution >= 4 is 22.6 Å². The maximum atomic E-state index is 15.2. The second kappa shape index (κ2) is 7.73. The summed E-state index contributed by atoms with van der Waals surface area (Å²) in [6, 6.07) is 3.59. The quantitative estimate of drug-likeness (QED) is 0.757. The molecule has 1 aromatic carbocycles. The number of carbonyl (C=O) groups is 1. The van der Waals surface area contributed by atoms with Gasteiger partial charge in [-0.15, -0.1) is 0 Å². The van der Waals surface area contributed by atoms with E-state index >= 15 is 4.39 Å². The van der Waals surface area contributed by atoms with Crippen LogP contribution in [0.3, 0.4) is 0 Å². The predicted molar refractivity (Wildman–Crippen MR) is 112 cm³/mol. The van der Waals surface area contributed by atoms with Crippen LogP contribution in [0, 0.1) is 30.0 Å². The first kappa shape index (κ1) is 20.4. The van der Waals surface area contributed by atoms with Gasteiger partial charge in [0.05, 0.1) is 23.7 Å². The number of nitrogens with zero attached hydrogens (tertiary/aromatic N) is 3. The number of rotatable bonds is 6. The van der Waals surface area contributed by atoms with Crippen LogP contribution >= 0.6 is 0 Å². The first-order valence-corrected chi connectivity index (χ1v) is 10.3. The predicted octanol–water partition coefficient (Wildman–Crippen LogP) is 2.81. The number of aryl methyl sites for hydroxylation is 1. The summed E-state index contributed by atoms with van der Waals surface area (Å²) in [7, 11) is 1.83. The van der Waals surface area contributed by atoms with Gasteiger partial charge in [-0.1, -0.05) is 0 Å². The van der Waals surface area contributed by atoms with Crippen molar-refractivity contribution in [2.24, 2.45) is 5.92 Å². The molecule has 8 heteroatoms. The van der Waals surface area contributed by atoms with Crippen LogP contribution in [0.4, 0.5) is 10.1 Å². The molecule has 1 saturated carbocycles. The third-order valence-corrected chi connectivity index (χ3v) is 6.44. The lowest BCUT2D eigenvalue weighted by molar-refractivity contribution is 0.0695. The van der Waals surface area contributed by atoms with Gasteiger partial charge in [-0.05, 0) is 50.8 Å². The van der Waals surface area contributed by atoms with Gasteiger partial charge in [-0.3, -0.25) is 4.79 Å². The zero-order valence-electron chi connectivity index (χ0n) is 17.1. The second-order valence-corrected chi connectivity index (χ2v) is 8.30. The van der Waals surface area contributed by atoms with E-state index in [0.29, 0.717) is 36.3 Å². The van der Waals surface area contributed by atoms with Crippen LogP contribution in [-0.2, 0) is 0 Å². The molecule has 2 aromatic rings. The Morgan fingerprint density at radius 2 is 2.17 bits per heavy atom. The monoisotopic (exact) mass is 412 g/mol. The van der Waals surface area contributed by atoms with E-state index < -0.39 is 17.2 Å². The molecule has 2 heterocycles. The SMILES string of the molecule is CNC(CC#N)C1CCN(c2c(F)cc3c(=O)c(C(=O)O)cn(C4CC4)c3c2C)C1. The molecular weight excluding hydrogens is 387 g/mol. The highest BCUT2D eigenvalue weighted by molar-refractivity contribution is 5.95. The number of halogens is 1. The molecule has 4 rings (SSSR count). The summed E-state index contributed by atoms with van der Waals surface area (Å²) in [5, 5.41) is 21.8. The van der Waals surface area contributed by atoms with Gasteiger partial charge in [0, 0.05) is 36.8 Å². The van der Waals surface area contributed by atoms with Crippen molar-refractivity contribution in [2.45, 2.75) is 44.7 Å². The first-order chi connectivity index (χ1) is 14.4. The Hall–Kier alpha value is -2.92. The Bertz CT molecular complexity index is 1120. The van der Waals surface area contributed by atoms with Crippen LogP contribution in [0.2, 0.25) is 0 Å². The number of fused-ring (bicyclic) bond motifs is 1. The molecule has 0 spiro atoms. The molecule has 0 amide bonds. The van der Waals surface area contributed by atoms with E-state index in [1.165, 1.54) is 12.3 Å². The number of pyridine rings is 1. The van der Waals surface area contributed by atoms with Gasteiger partial charge >= 0.3 is 5.97 Å². The summed E-state index contributed by atoms with van der Waals surface area (Å²) >= 11 is 0. The van der Waals surface area contributed by atoms with Gasteiger partial charge in [0.25, 0.3) is 0 Å². The number of hydrogen-bond donors (Lipinski definition) is 2. The molecule has 1 aliphatic carbocycles. The average molecular weight is 412 g/mol. The van der Waals surface area contributed by atoms with E-state index in [1.807, 2.05) is 16.5 Å². The summed E-state index contributed by atoms with van der Waals surface area (Å²) < 4.78 is 17.1. The van der Waals surface area contributed by atoms with E-state index in [0.717, 1.165) is 19.3 Å². The number of aromatic nitrogens is 1. The zero-order valence-corrected chi connectivity index (χ0v) is 17.1. The fourth-order valence-corrected chi connectivity index (χ4v) is 4.77. The first-order valence-electron chi connectivity index (χ1n) is 10.3. The van der Waals surface area contributed by atoms with Crippen molar-refractivity contribution in [3.63, 3.8) is 0 Å². The minimum atomic E-state index is -1.29. The number of carboxylic acids is 1. The maximum Gasteiger partial charge on any atom is 0.341 e. The Balaban J connectivity index is 1.82. The summed E-state index contributed by atoms with van der Waals surface area (Å²) in [5.74, 6) is -1.58. The topological polar surface area (TPSA) is 98.4 Å². The van der Waals surface area contributed by atoms with E-state index in [2.05, 4.69) is 11.4 Å². The smallest absolute Gasteiger partial charge is 0.341 e. The molecular formula is C22H25FN4O3. The van der Waals surface area contributed by atoms with E-state index in [9.17, 15) is 14.7 Å². The fourth-order valence-electron chi connectivity index (χ4n) is 4.77. The molecule has 2 aliphatic rings. The lowest BCUT2D eigenvalue weighted by Crippen LogP contribution is -2.35. The highest BCUT2D eigenvalue weighted by Gasteiger charge is 2.33. The highest BCUT2D eigenvalue weighted by atomic mass is 19.1. The van der Waals surface area contributed by atoms with Gasteiger partial charge in [-0.2, -0.15) is 5.26 Å². The second-order valence-electron chi connectivity index (χ2n) is 8.30. The van der Waals surface area contributed by atoms with Crippen molar-refractivity contribution < 1.29 is 14.3 Å². The number of hydrogen-bond acceptors (Lipinski definition) is 5. The van der Waals surface area contributed by atoms with Gasteiger partial charge in [0.2, 0.25) is 5.43 Å². The maximum absolute atomic E-state index is 15.2. The molecule has 1 aliphatic heterocycles. The number of carboxylic acid groups (broad SMARTS) is 1. The van der Waals surface area contributed by atoms with Crippen LogP contribution in [0.15, 0.2) is 17.1 Å². The summed E-state index contributed by atoms with van der Waals surface area (Å²) in [6.45, 7) is 3.09. The Kier molecular flexibility index (Phi) is 5.24. The molecule has 0 radical (unpaired) electrons. The van der Waals surface area contributed by atoms with Crippen LogP contribution in [0.1, 0.15) is 47.6 Å². The van der Waals surface area contributed by atoms with Crippen LogP contribution < -0.4 is 15.6 Å². The molecule has 2 atom stereocenters. The van der Waals surface area contributed by atoms with Gasteiger partial charge < -0.3 is 19.9 Å². The molecule has 0 bridgehead atoms. The number of nitriles is 1. The highest BCUT2D eigenvalue weighted by Crippen LogP contribution is 2.40. The van der Waals surface area contributed by atoms with E-state index in [-0.39, 0.29) is 29.0 Å². The van der Waals surface area contributed by atoms with Crippen LogP contribution in [-0.4, -0.2) is 41.8 Å². The largest absolute Gasteiger partial charge is 0.477 e. The molecule has 7 nitrogen and oxygen atoms in total. The van der Waals surface area contributed by atoms with E-state index in [1.54, 1.807) is 6.92 Å². The molecule has 2 N–H and O–H groups in total. The number of nitrogens with one attached hydrogen (secondary N) is 1. The molecule has 2 unspecified atom stereocenters. The number of anilines is 1. The fraction of sp³-hybridized carbons (Fsp3) is 0.500. The summed E-state index contributed by atoms with van der Waals surface area (Å²) in [6.07, 6.45) is 4.47. The number of benzene rings is 1. The third kappa shape index (κ3) is 3.33. The van der Waals surface area contributed by atoms with Crippen LogP contribution in [0.5, 0.6) is 0 Å². The minimum Gasteiger partial charge on any atom is -0.477 e. The van der Waals surface area contributed by atoms with Crippen molar-refractivity contribution in [1.29, 1.82) is 5.26 Å². The summed E-state index contributed by atoms with van der Waals surface area (Å²) in [5.41, 5.74) is 0.776. The zero-order chi connectivity index (χ0) is 21.6. The Morgan fingerprint density at radius 1 is 1.43 bits per heavy atom. The molecule has 30 heavy (non-hydrogen) atoms. The molecule has 2 fully saturated rings. The van der Waals surface area contributed by atoms with Gasteiger partial charge in [-0.25, -0.2) is 9.18 Å². The standard InChI is InChI=1S/C22H25FN4O3/c1-12-19-15(21(28)16(22(29)30)11-27(19)14-3-4-14)9-17(23)20(12)26-8-6-13(10-26)18(25-2)5-7-24/h9,11,13-14,18,25H,3-6,8,10H2,1-2H3,(H,29,30). The summed E-state index contributed by atoms with van der Waals surface area (Å²) in [4.78, 5) is 26.3. The van der Waals surface area contributed by atoms with Crippen molar-refractivity contribution in [3.05, 3.63) is 39.4 Å². The number of aromatic carboxylic acids is 1. The molecule has 1 saturated heterocycles. The Labute approximate surface area is 173 Å². The van der Waals surface area contributed by atoms with Crippen LogP contribution in [0.25, 0.3) is 10.9 Å². The lowest BCUT2D eigenvalue weighted by atomic mass is 9.97. The molecule has 158 valence electrons. The molecule has 1 aromatic heterocycles. The lowest BCUT2D eigenvalue weighted by Gasteiger charge is -2.26. The van der Waals surface area contributed by atoms with E-state index in [4.69, 9.17) is 5.26 Å². The van der Waals surface area contributed by atoms with Gasteiger partial charge in [0.15, 0.2) is 0 Å². The Morgan fingerprint density at radius 3 is 2.77 bits per heavy atom. The van der Waals surface area contributed by atoms with Crippen molar-refractivity contribution in [1.82, 2.24) is 9.88 Å². The third-order valence-electron chi connectivity index (χ3n) is 6.44.